The highest BCUT2D eigenvalue weighted by atomic mass is 16.5. The van der Waals surface area contributed by atoms with Crippen LogP contribution in [0, 0.1) is 26.7 Å². The fraction of sp³-hybridized carbons (Fsp3) is 0.500. The fourth-order valence-electron chi connectivity index (χ4n) is 4.39. The summed E-state index contributed by atoms with van der Waals surface area (Å²) in [5, 5.41) is 17.1. The van der Waals surface area contributed by atoms with Crippen LogP contribution in [0.1, 0.15) is 35.6 Å². The van der Waals surface area contributed by atoms with E-state index in [2.05, 4.69) is 17.4 Å². The van der Waals surface area contributed by atoms with Gasteiger partial charge in [-0.05, 0) is 70.7 Å². The molecule has 1 aromatic carbocycles. The molecule has 8 nitrogen and oxygen atoms in total. The molecule has 2 aromatic heterocycles. The first kappa shape index (κ1) is 24.3. The van der Waals surface area contributed by atoms with Gasteiger partial charge in [0.1, 0.15) is 24.2 Å². The Morgan fingerprint density at radius 2 is 1.97 bits per heavy atom. The van der Waals surface area contributed by atoms with Crippen LogP contribution in [0.4, 0.5) is 0 Å². The lowest BCUT2D eigenvalue weighted by atomic mass is 9.92. The molecule has 0 bridgehead atoms. The van der Waals surface area contributed by atoms with Crippen molar-refractivity contribution in [3.05, 3.63) is 47.0 Å². The summed E-state index contributed by atoms with van der Waals surface area (Å²) >= 11 is 0. The van der Waals surface area contributed by atoms with E-state index in [9.17, 15) is 5.11 Å². The summed E-state index contributed by atoms with van der Waals surface area (Å²) in [6.45, 7) is 8.22. The van der Waals surface area contributed by atoms with E-state index in [0.717, 1.165) is 72.0 Å². The molecule has 0 aliphatic carbocycles. The van der Waals surface area contributed by atoms with Crippen molar-refractivity contribution in [2.75, 3.05) is 33.4 Å². The standard InChI is InChI=1S/C26H34N4O4/c1-16-23(12-19-8-10-32-11-9-19)28-26(29-25(16)24-17(2)30-34-18(24)3)20-6-5-7-22(13-20)33-15-21(31)14-27-4/h5-7,13,19,21,27,31H,8-12,14-15H2,1-4H3. The molecule has 182 valence electrons. The number of aromatic nitrogens is 3. The zero-order chi connectivity index (χ0) is 24.1. The van der Waals surface area contributed by atoms with Crippen LogP contribution in [0.25, 0.3) is 22.6 Å². The Morgan fingerprint density at radius 1 is 1.18 bits per heavy atom. The first-order valence-electron chi connectivity index (χ1n) is 11.9. The third kappa shape index (κ3) is 5.63. The predicted molar refractivity (Wildman–Crippen MR) is 130 cm³/mol. The van der Waals surface area contributed by atoms with E-state index < -0.39 is 6.10 Å². The normalized spacial score (nSPS) is 15.4. The van der Waals surface area contributed by atoms with E-state index in [1.165, 1.54) is 0 Å². The van der Waals surface area contributed by atoms with Gasteiger partial charge in [-0.3, -0.25) is 0 Å². The second-order valence-corrected chi connectivity index (χ2v) is 8.98. The van der Waals surface area contributed by atoms with Gasteiger partial charge in [0.2, 0.25) is 0 Å². The zero-order valence-corrected chi connectivity index (χ0v) is 20.4. The largest absolute Gasteiger partial charge is 0.491 e. The third-order valence-electron chi connectivity index (χ3n) is 6.31. The van der Waals surface area contributed by atoms with E-state index in [4.69, 9.17) is 24.0 Å². The molecule has 1 unspecified atom stereocenters. The van der Waals surface area contributed by atoms with Gasteiger partial charge >= 0.3 is 0 Å². The number of aryl methyl sites for hydroxylation is 2. The molecule has 3 heterocycles. The number of ether oxygens (including phenoxy) is 2. The van der Waals surface area contributed by atoms with Gasteiger partial charge in [-0.25, -0.2) is 9.97 Å². The van der Waals surface area contributed by atoms with Gasteiger partial charge in [-0.2, -0.15) is 0 Å². The molecule has 0 saturated carbocycles. The highest BCUT2D eigenvalue weighted by molar-refractivity contribution is 5.71. The molecule has 34 heavy (non-hydrogen) atoms. The first-order valence-corrected chi connectivity index (χ1v) is 11.9. The smallest absolute Gasteiger partial charge is 0.160 e. The molecule has 1 aliphatic rings. The van der Waals surface area contributed by atoms with Crippen molar-refractivity contribution in [2.24, 2.45) is 5.92 Å². The fourth-order valence-corrected chi connectivity index (χ4v) is 4.39. The Bertz CT molecular complexity index is 1090. The number of hydrogen-bond donors (Lipinski definition) is 2. The van der Waals surface area contributed by atoms with Crippen LogP contribution in [-0.2, 0) is 11.2 Å². The highest BCUT2D eigenvalue weighted by Gasteiger charge is 2.23. The number of aliphatic hydroxyl groups is 1. The van der Waals surface area contributed by atoms with Crippen molar-refractivity contribution < 1.29 is 19.1 Å². The maximum Gasteiger partial charge on any atom is 0.160 e. The summed E-state index contributed by atoms with van der Waals surface area (Å²) in [5.41, 5.74) is 5.57. The van der Waals surface area contributed by atoms with Crippen molar-refractivity contribution in [1.29, 1.82) is 0 Å². The summed E-state index contributed by atoms with van der Waals surface area (Å²) in [6.07, 6.45) is 2.38. The van der Waals surface area contributed by atoms with Gasteiger partial charge < -0.3 is 24.4 Å². The molecule has 3 aromatic rings. The Morgan fingerprint density at radius 3 is 2.68 bits per heavy atom. The van der Waals surface area contributed by atoms with E-state index in [1.807, 2.05) is 38.1 Å². The lowest BCUT2D eigenvalue weighted by molar-refractivity contribution is 0.0662. The summed E-state index contributed by atoms with van der Waals surface area (Å²) in [5.74, 6) is 2.60. The lowest BCUT2D eigenvalue weighted by Gasteiger charge is -2.23. The number of nitrogens with one attached hydrogen (secondary N) is 1. The van der Waals surface area contributed by atoms with Crippen LogP contribution in [-0.4, -0.2) is 59.7 Å². The molecule has 4 rings (SSSR count). The maximum absolute atomic E-state index is 9.98. The minimum atomic E-state index is -0.582. The summed E-state index contributed by atoms with van der Waals surface area (Å²) in [7, 11) is 1.80. The van der Waals surface area contributed by atoms with Crippen LogP contribution in [0.5, 0.6) is 5.75 Å². The van der Waals surface area contributed by atoms with Crippen LogP contribution in [0.2, 0.25) is 0 Å². The Labute approximate surface area is 200 Å². The number of benzene rings is 1. The van der Waals surface area contributed by atoms with Gasteiger partial charge in [0, 0.05) is 31.0 Å². The van der Waals surface area contributed by atoms with Crippen LogP contribution in [0.3, 0.4) is 0 Å². The second kappa shape index (κ2) is 11.1. The molecule has 8 heteroatoms. The molecular formula is C26H34N4O4. The van der Waals surface area contributed by atoms with E-state index in [1.54, 1.807) is 7.05 Å². The molecule has 1 fully saturated rings. The topological polar surface area (TPSA) is 103 Å². The SMILES string of the molecule is CNCC(O)COc1cccc(-c2nc(CC3CCOCC3)c(C)c(-c3c(C)noc3C)n2)c1. The molecule has 2 N–H and O–H groups in total. The van der Waals surface area contributed by atoms with Crippen LogP contribution >= 0.6 is 0 Å². The van der Waals surface area contributed by atoms with Crippen LogP contribution in [0.15, 0.2) is 28.8 Å². The zero-order valence-electron chi connectivity index (χ0n) is 20.4. The molecule has 1 saturated heterocycles. The quantitative estimate of drug-likeness (QED) is 0.493. The first-order chi connectivity index (χ1) is 16.5. The monoisotopic (exact) mass is 466 g/mol. The third-order valence-corrected chi connectivity index (χ3v) is 6.31. The molecule has 0 radical (unpaired) electrons. The molecule has 1 aliphatic heterocycles. The van der Waals surface area contributed by atoms with Crippen molar-refractivity contribution in [1.82, 2.24) is 20.4 Å². The Hall–Kier alpha value is -2.81. The van der Waals surface area contributed by atoms with Crippen molar-refractivity contribution in [3.63, 3.8) is 0 Å². The summed E-state index contributed by atoms with van der Waals surface area (Å²) in [6, 6.07) is 7.71. The molecule has 1 atom stereocenters. The average Bonchev–Trinajstić information content (AvgIpc) is 3.18. The molecule has 0 spiro atoms. The summed E-state index contributed by atoms with van der Waals surface area (Å²) in [4.78, 5) is 9.99. The number of hydrogen-bond acceptors (Lipinski definition) is 8. The average molecular weight is 467 g/mol. The number of likely N-dealkylation sites (N-methyl/N-ethyl adjacent to an activating group) is 1. The second-order valence-electron chi connectivity index (χ2n) is 8.98. The number of aliphatic hydroxyl groups excluding tert-OH is 1. The van der Waals surface area contributed by atoms with Gasteiger partial charge in [-0.15, -0.1) is 0 Å². The van der Waals surface area contributed by atoms with Gasteiger partial charge in [0.05, 0.1) is 17.0 Å². The van der Waals surface area contributed by atoms with Crippen molar-refractivity contribution >= 4 is 0 Å². The van der Waals surface area contributed by atoms with Crippen molar-refractivity contribution in [2.45, 2.75) is 46.1 Å². The van der Waals surface area contributed by atoms with Crippen molar-refractivity contribution in [3.8, 4) is 28.4 Å². The van der Waals surface area contributed by atoms with Gasteiger partial charge in [0.15, 0.2) is 5.82 Å². The number of nitrogens with zero attached hydrogens (tertiary/aromatic N) is 3. The summed E-state index contributed by atoms with van der Waals surface area (Å²) < 4.78 is 16.8. The molecular weight excluding hydrogens is 432 g/mol. The van der Waals surface area contributed by atoms with Crippen LogP contribution < -0.4 is 10.1 Å². The minimum Gasteiger partial charge on any atom is -0.491 e. The van der Waals surface area contributed by atoms with E-state index >= 15 is 0 Å². The Balaban J connectivity index is 1.71. The minimum absolute atomic E-state index is 0.207. The van der Waals surface area contributed by atoms with Gasteiger partial charge in [0.25, 0.3) is 0 Å². The van der Waals surface area contributed by atoms with E-state index in [0.29, 0.717) is 24.0 Å². The predicted octanol–water partition coefficient (Wildman–Crippen LogP) is 3.65. The maximum atomic E-state index is 9.98. The lowest BCUT2D eigenvalue weighted by Crippen LogP contribution is -2.29. The molecule has 0 amide bonds. The van der Waals surface area contributed by atoms with E-state index in [-0.39, 0.29) is 6.61 Å². The highest BCUT2D eigenvalue weighted by Crippen LogP contribution is 2.33. The van der Waals surface area contributed by atoms with Gasteiger partial charge in [-0.1, -0.05) is 17.3 Å². The number of rotatable bonds is 9. The Kier molecular flexibility index (Phi) is 7.92.